The Balaban J connectivity index is 1.87. The van der Waals surface area contributed by atoms with Crippen molar-refractivity contribution in [2.75, 3.05) is 12.0 Å². The molecule has 1 amide bonds. The lowest BCUT2D eigenvalue weighted by molar-refractivity contribution is -0.126. The molecule has 1 aliphatic heterocycles. The highest BCUT2D eigenvalue weighted by Gasteiger charge is 2.42. The number of amides is 1. The van der Waals surface area contributed by atoms with Gasteiger partial charge in [-0.15, -0.1) is 0 Å². The van der Waals surface area contributed by atoms with Crippen molar-refractivity contribution in [3.63, 3.8) is 0 Å². The lowest BCUT2D eigenvalue weighted by Crippen LogP contribution is -2.47. The van der Waals surface area contributed by atoms with Crippen molar-refractivity contribution in [1.82, 2.24) is 14.8 Å². The molecule has 2 atom stereocenters. The van der Waals surface area contributed by atoms with Crippen molar-refractivity contribution in [1.29, 1.82) is 0 Å². The minimum absolute atomic E-state index is 0.00447. The summed E-state index contributed by atoms with van der Waals surface area (Å²) in [5.41, 5.74) is 1.41. The molecular weight excluding hydrogens is 400 g/mol. The zero-order valence-corrected chi connectivity index (χ0v) is 18.3. The number of halogens is 1. The highest BCUT2D eigenvalue weighted by Crippen LogP contribution is 2.44. The van der Waals surface area contributed by atoms with Crippen LogP contribution in [0.15, 0.2) is 54.9 Å². The lowest BCUT2D eigenvalue weighted by atomic mass is 9.88. The minimum Gasteiger partial charge on any atom is -0.497 e. The van der Waals surface area contributed by atoms with Crippen LogP contribution in [0.5, 0.6) is 5.75 Å². The van der Waals surface area contributed by atoms with E-state index in [1.165, 1.54) is 6.33 Å². The smallest absolute Gasteiger partial charge is 0.235 e. The predicted molar refractivity (Wildman–Crippen MR) is 117 cm³/mol. The second kappa shape index (κ2) is 7.76. The summed E-state index contributed by atoms with van der Waals surface area (Å²) in [5.74, 6) is 1.30. The molecule has 0 saturated heterocycles. The molecular formula is C23H25ClN4O2. The van der Waals surface area contributed by atoms with Crippen LogP contribution in [-0.4, -0.2) is 27.8 Å². The Morgan fingerprint density at radius 2 is 1.80 bits per heavy atom. The second-order valence-corrected chi connectivity index (χ2v) is 8.90. The van der Waals surface area contributed by atoms with E-state index in [4.69, 9.17) is 16.3 Å². The molecule has 7 heteroatoms. The number of carbonyl (C=O) groups excluding carboxylic acids is 1. The quantitative estimate of drug-likeness (QED) is 0.590. The molecule has 2 heterocycles. The summed E-state index contributed by atoms with van der Waals surface area (Å²) >= 11 is 6.54. The van der Waals surface area contributed by atoms with Gasteiger partial charge in [0.05, 0.1) is 19.2 Å². The zero-order valence-electron chi connectivity index (χ0n) is 17.5. The number of hydrogen-bond donors (Lipinski definition) is 0. The Morgan fingerprint density at radius 1 is 1.10 bits per heavy atom. The molecule has 1 aromatic heterocycles. The van der Waals surface area contributed by atoms with Gasteiger partial charge in [0, 0.05) is 10.4 Å². The summed E-state index contributed by atoms with van der Waals surface area (Å²) < 4.78 is 7.12. The number of hydrogen-bond acceptors (Lipinski definition) is 4. The van der Waals surface area contributed by atoms with E-state index in [0.29, 0.717) is 17.4 Å². The van der Waals surface area contributed by atoms with E-state index in [2.05, 4.69) is 10.1 Å². The summed E-state index contributed by atoms with van der Waals surface area (Å²) in [7, 11) is 1.64. The lowest BCUT2D eigenvalue weighted by Gasteiger charge is -2.41. The third-order valence-corrected chi connectivity index (χ3v) is 5.79. The highest BCUT2D eigenvalue weighted by molar-refractivity contribution is 6.31. The summed E-state index contributed by atoms with van der Waals surface area (Å²) in [6.45, 7) is 5.75. The first kappa shape index (κ1) is 20.4. The van der Waals surface area contributed by atoms with Gasteiger partial charge in [0.2, 0.25) is 11.9 Å². The standard InChI is InChI=1S/C23H25ClN4O2/c1-23(2,3)21(29)27-19(15-9-11-16(30-4)12-10-15)13-20(28-22(27)25-14-26-28)17-7-5-6-8-18(17)24/h5-12,14,19-20H,13H2,1-4H3/t19-,20-/m1/s1. The van der Waals surface area contributed by atoms with Crippen LogP contribution in [-0.2, 0) is 4.79 Å². The van der Waals surface area contributed by atoms with Crippen LogP contribution in [0.1, 0.15) is 50.4 Å². The predicted octanol–water partition coefficient (Wildman–Crippen LogP) is 5.05. The van der Waals surface area contributed by atoms with E-state index in [-0.39, 0.29) is 18.0 Å². The number of rotatable bonds is 3. The molecule has 0 radical (unpaired) electrons. The summed E-state index contributed by atoms with van der Waals surface area (Å²) in [6.07, 6.45) is 2.13. The number of methoxy groups -OCH3 is 1. The molecule has 3 aromatic rings. The van der Waals surface area contributed by atoms with E-state index in [1.54, 1.807) is 12.0 Å². The van der Waals surface area contributed by atoms with E-state index in [9.17, 15) is 4.79 Å². The third kappa shape index (κ3) is 3.56. The molecule has 30 heavy (non-hydrogen) atoms. The molecule has 6 nitrogen and oxygen atoms in total. The normalized spacial score (nSPS) is 18.8. The Labute approximate surface area is 181 Å². The van der Waals surface area contributed by atoms with Gasteiger partial charge in [0.15, 0.2) is 0 Å². The second-order valence-electron chi connectivity index (χ2n) is 8.49. The molecule has 0 N–H and O–H groups in total. The van der Waals surface area contributed by atoms with Gasteiger partial charge in [-0.2, -0.15) is 10.1 Å². The first-order valence-corrected chi connectivity index (χ1v) is 10.3. The maximum absolute atomic E-state index is 13.5. The maximum Gasteiger partial charge on any atom is 0.235 e. The van der Waals surface area contributed by atoms with E-state index in [1.807, 2.05) is 74.0 Å². The van der Waals surface area contributed by atoms with Gasteiger partial charge in [-0.25, -0.2) is 4.68 Å². The first-order chi connectivity index (χ1) is 14.3. The van der Waals surface area contributed by atoms with Gasteiger partial charge in [0.1, 0.15) is 12.1 Å². The Bertz CT molecular complexity index is 1060. The van der Waals surface area contributed by atoms with Crippen molar-refractivity contribution in [2.45, 2.75) is 39.3 Å². The van der Waals surface area contributed by atoms with E-state index in [0.717, 1.165) is 16.9 Å². The summed E-state index contributed by atoms with van der Waals surface area (Å²) in [4.78, 5) is 19.7. The fourth-order valence-electron chi connectivity index (χ4n) is 3.90. The molecule has 0 bridgehead atoms. The maximum atomic E-state index is 13.5. The molecule has 0 fully saturated rings. The number of aromatic nitrogens is 3. The summed E-state index contributed by atoms with van der Waals surface area (Å²) in [5, 5.41) is 5.13. The molecule has 1 aliphatic rings. The van der Waals surface area contributed by atoms with Crippen molar-refractivity contribution < 1.29 is 9.53 Å². The zero-order chi connectivity index (χ0) is 21.5. The highest BCUT2D eigenvalue weighted by atomic mass is 35.5. The number of carbonyl (C=O) groups is 1. The minimum atomic E-state index is -0.571. The van der Waals surface area contributed by atoms with Crippen molar-refractivity contribution in [3.05, 3.63) is 71.0 Å². The van der Waals surface area contributed by atoms with Crippen molar-refractivity contribution in [3.8, 4) is 5.75 Å². The number of nitrogens with zero attached hydrogens (tertiary/aromatic N) is 4. The largest absolute Gasteiger partial charge is 0.497 e. The number of benzene rings is 2. The van der Waals surface area contributed by atoms with Gasteiger partial charge in [0.25, 0.3) is 0 Å². The molecule has 0 aliphatic carbocycles. The van der Waals surface area contributed by atoms with Gasteiger partial charge in [-0.05, 0) is 35.7 Å². The van der Waals surface area contributed by atoms with Gasteiger partial charge in [-0.3, -0.25) is 9.69 Å². The van der Waals surface area contributed by atoms with E-state index < -0.39 is 5.41 Å². The molecule has 0 spiro atoms. The third-order valence-electron chi connectivity index (χ3n) is 5.45. The van der Waals surface area contributed by atoms with Crippen LogP contribution in [0.25, 0.3) is 0 Å². The van der Waals surface area contributed by atoms with Crippen LogP contribution in [0.2, 0.25) is 5.02 Å². The topological polar surface area (TPSA) is 60.2 Å². The average Bonchev–Trinajstić information content (AvgIpc) is 3.22. The van der Waals surface area contributed by atoms with Crippen LogP contribution in [0.4, 0.5) is 5.95 Å². The fraction of sp³-hybridized carbons (Fsp3) is 0.348. The Morgan fingerprint density at radius 3 is 2.43 bits per heavy atom. The molecule has 2 aromatic carbocycles. The monoisotopic (exact) mass is 424 g/mol. The van der Waals surface area contributed by atoms with Crippen LogP contribution >= 0.6 is 11.6 Å². The Hall–Kier alpha value is -2.86. The van der Waals surface area contributed by atoms with Crippen molar-refractivity contribution in [2.24, 2.45) is 5.41 Å². The molecule has 0 saturated carbocycles. The van der Waals surface area contributed by atoms with Crippen LogP contribution < -0.4 is 9.64 Å². The summed E-state index contributed by atoms with van der Waals surface area (Å²) in [6, 6.07) is 15.3. The Kier molecular flexibility index (Phi) is 5.28. The number of anilines is 1. The average molecular weight is 425 g/mol. The SMILES string of the molecule is COc1ccc([C@H]2C[C@H](c3ccccc3Cl)n3ncnc3N2C(=O)C(C)(C)C)cc1. The molecule has 156 valence electrons. The van der Waals surface area contributed by atoms with Gasteiger partial charge in [-0.1, -0.05) is 62.7 Å². The molecule has 0 unspecified atom stereocenters. The first-order valence-electron chi connectivity index (χ1n) is 9.93. The van der Waals surface area contributed by atoms with Crippen molar-refractivity contribution >= 4 is 23.5 Å². The molecule has 4 rings (SSSR count). The fourth-order valence-corrected chi connectivity index (χ4v) is 4.16. The number of fused-ring (bicyclic) bond motifs is 1. The van der Waals surface area contributed by atoms with Crippen LogP contribution in [0.3, 0.4) is 0 Å². The number of ether oxygens (including phenoxy) is 1. The van der Waals surface area contributed by atoms with Gasteiger partial charge >= 0.3 is 0 Å². The van der Waals surface area contributed by atoms with E-state index >= 15 is 0 Å². The van der Waals surface area contributed by atoms with Crippen LogP contribution in [0, 0.1) is 5.41 Å². The van der Waals surface area contributed by atoms with Gasteiger partial charge < -0.3 is 4.74 Å².